The predicted octanol–water partition coefficient (Wildman–Crippen LogP) is 1.60. The van der Waals surface area contributed by atoms with Crippen LogP contribution in [0.2, 0.25) is 0 Å². The summed E-state index contributed by atoms with van der Waals surface area (Å²) in [4.78, 5) is 24.3. The molecule has 1 aliphatic heterocycles. The van der Waals surface area contributed by atoms with Gasteiger partial charge >= 0.3 is 0 Å². The van der Waals surface area contributed by atoms with Crippen LogP contribution >= 0.6 is 0 Å². The Morgan fingerprint density at radius 3 is 2.44 bits per heavy atom. The van der Waals surface area contributed by atoms with Gasteiger partial charge in [0.05, 0.1) is 6.54 Å². The first-order valence-electron chi connectivity index (χ1n) is 5.73. The first-order valence-corrected chi connectivity index (χ1v) is 5.73. The van der Waals surface area contributed by atoms with Crippen molar-refractivity contribution in [2.24, 2.45) is 7.05 Å². The summed E-state index contributed by atoms with van der Waals surface area (Å²) >= 11 is 0. The van der Waals surface area contributed by atoms with Crippen LogP contribution in [0, 0.1) is 0 Å². The highest BCUT2D eigenvalue weighted by atomic mass is 16.2. The van der Waals surface area contributed by atoms with Crippen molar-refractivity contribution in [3.63, 3.8) is 0 Å². The van der Waals surface area contributed by atoms with Crippen LogP contribution in [0.25, 0.3) is 10.9 Å². The Morgan fingerprint density at radius 1 is 1.06 bits per heavy atom. The van der Waals surface area contributed by atoms with Crippen LogP contribution in [-0.2, 0) is 23.2 Å². The second-order valence-corrected chi connectivity index (χ2v) is 4.38. The van der Waals surface area contributed by atoms with Gasteiger partial charge in [-0.25, -0.2) is 0 Å². The topological polar surface area (TPSA) is 42.3 Å². The summed E-state index contributed by atoms with van der Waals surface area (Å²) in [6, 6.07) is 7.95. The molecule has 0 spiro atoms. The van der Waals surface area contributed by atoms with E-state index in [9.17, 15) is 9.59 Å². The lowest BCUT2D eigenvalue weighted by Gasteiger charge is -2.12. The van der Waals surface area contributed by atoms with Crippen LogP contribution in [0.5, 0.6) is 0 Å². The molecule has 4 heteroatoms. The molecule has 2 aromatic rings. The number of hydrogen-bond donors (Lipinski definition) is 0. The van der Waals surface area contributed by atoms with E-state index in [1.54, 1.807) is 0 Å². The third-order valence-corrected chi connectivity index (χ3v) is 3.21. The van der Waals surface area contributed by atoms with E-state index < -0.39 is 0 Å². The fourth-order valence-corrected chi connectivity index (χ4v) is 2.31. The van der Waals surface area contributed by atoms with Gasteiger partial charge in [-0.3, -0.25) is 14.5 Å². The van der Waals surface area contributed by atoms with Crippen LogP contribution in [0.1, 0.15) is 5.56 Å². The number of fused-ring (bicyclic) bond motifs is 1. The van der Waals surface area contributed by atoms with E-state index in [4.69, 9.17) is 0 Å². The molecule has 0 radical (unpaired) electrons. The summed E-state index contributed by atoms with van der Waals surface area (Å²) in [5, 5.41) is 1.08. The van der Waals surface area contributed by atoms with Gasteiger partial charge in [0.25, 0.3) is 11.8 Å². The van der Waals surface area contributed by atoms with E-state index in [-0.39, 0.29) is 11.8 Å². The molecule has 1 aromatic carbocycles. The van der Waals surface area contributed by atoms with Gasteiger partial charge in [-0.05, 0) is 11.6 Å². The van der Waals surface area contributed by atoms with Crippen molar-refractivity contribution in [2.45, 2.75) is 6.54 Å². The Kier molecular flexibility index (Phi) is 2.30. The third kappa shape index (κ3) is 1.54. The summed E-state index contributed by atoms with van der Waals surface area (Å²) < 4.78 is 2.00. The fourth-order valence-electron chi connectivity index (χ4n) is 2.31. The maximum absolute atomic E-state index is 11.5. The van der Waals surface area contributed by atoms with Gasteiger partial charge in [-0.15, -0.1) is 0 Å². The number of para-hydroxylation sites is 1. The van der Waals surface area contributed by atoms with E-state index in [0.29, 0.717) is 6.54 Å². The third-order valence-electron chi connectivity index (χ3n) is 3.21. The number of benzene rings is 1. The maximum atomic E-state index is 11.5. The smallest absolute Gasteiger partial charge is 0.253 e. The minimum absolute atomic E-state index is 0.243. The van der Waals surface area contributed by atoms with Crippen molar-refractivity contribution in [3.8, 4) is 0 Å². The molecule has 2 amide bonds. The lowest BCUT2D eigenvalue weighted by atomic mass is 10.1. The van der Waals surface area contributed by atoms with Gasteiger partial charge < -0.3 is 4.57 Å². The van der Waals surface area contributed by atoms with E-state index in [0.717, 1.165) is 16.5 Å². The second kappa shape index (κ2) is 3.84. The zero-order chi connectivity index (χ0) is 12.7. The average Bonchev–Trinajstić information content (AvgIpc) is 2.86. The molecule has 4 nitrogen and oxygen atoms in total. The average molecular weight is 240 g/mol. The number of imide groups is 1. The first-order chi connectivity index (χ1) is 8.66. The first kappa shape index (κ1) is 10.8. The van der Waals surface area contributed by atoms with Crippen LogP contribution in [0.4, 0.5) is 0 Å². The van der Waals surface area contributed by atoms with Crippen molar-refractivity contribution >= 4 is 22.7 Å². The molecule has 3 rings (SSSR count). The molecule has 0 aliphatic carbocycles. The van der Waals surface area contributed by atoms with E-state index in [1.165, 1.54) is 17.1 Å². The van der Waals surface area contributed by atoms with Gasteiger partial charge in [-0.2, -0.15) is 0 Å². The number of nitrogens with zero attached hydrogens (tertiary/aromatic N) is 2. The molecule has 2 heterocycles. The van der Waals surface area contributed by atoms with Gasteiger partial charge in [0.2, 0.25) is 0 Å². The number of amides is 2. The predicted molar refractivity (Wildman–Crippen MR) is 67.6 cm³/mol. The van der Waals surface area contributed by atoms with Crippen LogP contribution in [-0.4, -0.2) is 21.3 Å². The second-order valence-electron chi connectivity index (χ2n) is 4.38. The quantitative estimate of drug-likeness (QED) is 0.748. The Labute approximate surface area is 104 Å². The molecule has 1 aromatic heterocycles. The number of hydrogen-bond acceptors (Lipinski definition) is 2. The lowest BCUT2D eigenvalue weighted by molar-refractivity contribution is -0.137. The molecule has 18 heavy (non-hydrogen) atoms. The highest BCUT2D eigenvalue weighted by Crippen LogP contribution is 2.22. The maximum Gasteiger partial charge on any atom is 0.253 e. The van der Waals surface area contributed by atoms with Crippen molar-refractivity contribution in [3.05, 3.63) is 48.2 Å². The van der Waals surface area contributed by atoms with Crippen molar-refractivity contribution in [1.82, 2.24) is 9.47 Å². The molecule has 0 saturated heterocycles. The summed E-state index contributed by atoms with van der Waals surface area (Å²) in [7, 11) is 1.96. The number of carbonyl (C=O) groups excluding carboxylic acids is 2. The standard InChI is InChI=1S/C14H12N2O2/c1-15-8-10(11-4-2-3-5-12(11)15)9-16-13(17)6-7-14(16)18/h2-8H,9H2,1H3. The van der Waals surface area contributed by atoms with Crippen molar-refractivity contribution in [1.29, 1.82) is 0 Å². The molecule has 0 saturated carbocycles. The molecule has 0 N–H and O–H groups in total. The molecular formula is C14H12N2O2. The summed E-state index contributed by atoms with van der Waals surface area (Å²) in [5.41, 5.74) is 2.08. The van der Waals surface area contributed by atoms with E-state index in [2.05, 4.69) is 0 Å². The molecule has 1 aliphatic rings. The fraction of sp³-hybridized carbons (Fsp3) is 0.143. The highest BCUT2D eigenvalue weighted by Gasteiger charge is 2.24. The number of carbonyl (C=O) groups is 2. The molecule has 0 bridgehead atoms. The van der Waals surface area contributed by atoms with Crippen molar-refractivity contribution < 1.29 is 9.59 Å². The Bertz CT molecular complexity index is 664. The lowest BCUT2D eigenvalue weighted by Crippen LogP contribution is -2.29. The van der Waals surface area contributed by atoms with Crippen molar-refractivity contribution in [2.75, 3.05) is 0 Å². The Hall–Kier alpha value is -2.36. The van der Waals surface area contributed by atoms with Gasteiger partial charge in [-0.1, -0.05) is 18.2 Å². The van der Waals surface area contributed by atoms with E-state index in [1.807, 2.05) is 42.1 Å². The minimum Gasteiger partial charge on any atom is -0.350 e. The monoisotopic (exact) mass is 240 g/mol. The molecule has 0 atom stereocenters. The zero-order valence-electron chi connectivity index (χ0n) is 9.96. The molecule has 0 unspecified atom stereocenters. The molecular weight excluding hydrogens is 228 g/mol. The largest absolute Gasteiger partial charge is 0.350 e. The van der Waals surface area contributed by atoms with Gasteiger partial charge in [0, 0.05) is 36.3 Å². The van der Waals surface area contributed by atoms with Crippen LogP contribution in [0.3, 0.4) is 0 Å². The number of aromatic nitrogens is 1. The molecule has 90 valence electrons. The van der Waals surface area contributed by atoms with Crippen LogP contribution in [0.15, 0.2) is 42.6 Å². The van der Waals surface area contributed by atoms with Gasteiger partial charge in [0.15, 0.2) is 0 Å². The van der Waals surface area contributed by atoms with E-state index >= 15 is 0 Å². The van der Waals surface area contributed by atoms with Gasteiger partial charge in [0.1, 0.15) is 0 Å². The number of rotatable bonds is 2. The summed E-state index contributed by atoms with van der Waals surface area (Å²) in [5.74, 6) is -0.485. The van der Waals surface area contributed by atoms with Crippen LogP contribution < -0.4 is 0 Å². The molecule has 0 fully saturated rings. The zero-order valence-corrected chi connectivity index (χ0v) is 9.96. The number of aryl methyl sites for hydroxylation is 1. The minimum atomic E-state index is -0.243. The Morgan fingerprint density at radius 2 is 1.72 bits per heavy atom. The Balaban J connectivity index is 2.01. The summed E-state index contributed by atoms with van der Waals surface area (Å²) in [6.07, 6.45) is 4.59. The normalized spacial score (nSPS) is 15.1. The summed E-state index contributed by atoms with van der Waals surface area (Å²) in [6.45, 7) is 0.325. The SMILES string of the molecule is Cn1cc(CN2C(=O)C=CC2=O)c2ccccc21. The highest BCUT2D eigenvalue weighted by molar-refractivity contribution is 6.12.